The number of hydrogen-bond acceptors (Lipinski definition) is 3. The lowest BCUT2D eigenvalue weighted by molar-refractivity contribution is -0.138. The van der Waals surface area contributed by atoms with Crippen LogP contribution in [0.15, 0.2) is 24.3 Å². The number of alkyl halides is 3. The first-order valence-corrected chi connectivity index (χ1v) is 9.66. The summed E-state index contributed by atoms with van der Waals surface area (Å²) in [6.07, 6.45) is -1.36. The smallest absolute Gasteiger partial charge is 0.379 e. The molecule has 3 rings (SSSR count). The van der Waals surface area contributed by atoms with Crippen molar-refractivity contribution in [2.75, 3.05) is 45.9 Å². The first kappa shape index (κ1) is 20.1. The summed E-state index contributed by atoms with van der Waals surface area (Å²) in [5.41, 5.74) is -0.192. The fourth-order valence-electron chi connectivity index (χ4n) is 3.95. The summed E-state index contributed by atoms with van der Waals surface area (Å²) >= 11 is 0. The standard InChI is InChI=1S/C20H27F3N2O2/c21-20(22,23)18-6-2-1-5-17(18)8-7-16-4-3-9-25(14-16)19(26)15-24-10-12-27-13-11-24/h1-2,5-6,16H,3-4,7-15H2/t16-/m0/s1. The maximum Gasteiger partial charge on any atom is 0.416 e. The Labute approximate surface area is 158 Å². The summed E-state index contributed by atoms with van der Waals surface area (Å²) < 4.78 is 44.7. The molecule has 0 spiro atoms. The molecule has 0 aromatic heterocycles. The summed E-state index contributed by atoms with van der Waals surface area (Å²) in [6.45, 7) is 4.68. The van der Waals surface area contributed by atoms with Gasteiger partial charge in [-0.3, -0.25) is 9.69 Å². The molecule has 1 atom stereocenters. The molecule has 0 aliphatic carbocycles. The molecular formula is C20H27F3N2O2. The van der Waals surface area contributed by atoms with E-state index in [4.69, 9.17) is 4.74 Å². The molecule has 0 N–H and O–H groups in total. The Balaban J connectivity index is 1.52. The number of carbonyl (C=O) groups is 1. The number of piperidine rings is 1. The van der Waals surface area contributed by atoms with Crippen molar-refractivity contribution in [1.82, 2.24) is 9.80 Å². The molecule has 7 heteroatoms. The zero-order chi connectivity index (χ0) is 19.3. The van der Waals surface area contributed by atoms with Gasteiger partial charge in [-0.1, -0.05) is 18.2 Å². The van der Waals surface area contributed by atoms with Crippen LogP contribution in [-0.2, 0) is 22.1 Å². The summed E-state index contributed by atoms with van der Waals surface area (Å²) in [4.78, 5) is 16.6. The van der Waals surface area contributed by atoms with E-state index < -0.39 is 11.7 Å². The van der Waals surface area contributed by atoms with Crippen LogP contribution >= 0.6 is 0 Å². The number of hydrogen-bond donors (Lipinski definition) is 0. The highest BCUT2D eigenvalue weighted by Crippen LogP contribution is 2.33. The van der Waals surface area contributed by atoms with Gasteiger partial charge in [-0.05, 0) is 43.2 Å². The zero-order valence-corrected chi connectivity index (χ0v) is 15.5. The number of rotatable bonds is 5. The van der Waals surface area contributed by atoms with Gasteiger partial charge in [0.25, 0.3) is 0 Å². The molecule has 0 radical (unpaired) electrons. The van der Waals surface area contributed by atoms with E-state index >= 15 is 0 Å². The highest BCUT2D eigenvalue weighted by atomic mass is 19.4. The van der Waals surface area contributed by atoms with Gasteiger partial charge in [-0.15, -0.1) is 0 Å². The second-order valence-corrected chi connectivity index (χ2v) is 7.43. The van der Waals surface area contributed by atoms with Gasteiger partial charge in [0.2, 0.25) is 5.91 Å². The molecule has 150 valence electrons. The Morgan fingerprint density at radius 2 is 1.89 bits per heavy atom. The van der Waals surface area contributed by atoms with Crippen molar-refractivity contribution in [1.29, 1.82) is 0 Å². The van der Waals surface area contributed by atoms with Crippen molar-refractivity contribution in [2.24, 2.45) is 5.92 Å². The average Bonchev–Trinajstić information content (AvgIpc) is 2.67. The van der Waals surface area contributed by atoms with Crippen molar-refractivity contribution in [3.05, 3.63) is 35.4 Å². The van der Waals surface area contributed by atoms with Crippen LogP contribution in [0.4, 0.5) is 13.2 Å². The molecule has 2 saturated heterocycles. The monoisotopic (exact) mass is 384 g/mol. The van der Waals surface area contributed by atoms with Gasteiger partial charge in [0.15, 0.2) is 0 Å². The highest BCUT2D eigenvalue weighted by molar-refractivity contribution is 5.78. The third-order valence-electron chi connectivity index (χ3n) is 5.48. The Kier molecular flexibility index (Phi) is 6.76. The maximum atomic E-state index is 13.1. The topological polar surface area (TPSA) is 32.8 Å². The predicted octanol–water partition coefficient (Wildman–Crippen LogP) is 3.21. The zero-order valence-electron chi connectivity index (χ0n) is 15.5. The molecule has 1 aromatic carbocycles. The largest absolute Gasteiger partial charge is 0.416 e. The third-order valence-corrected chi connectivity index (χ3v) is 5.48. The Hall–Kier alpha value is -1.60. The van der Waals surface area contributed by atoms with Crippen molar-refractivity contribution in [3.8, 4) is 0 Å². The Morgan fingerprint density at radius 3 is 2.63 bits per heavy atom. The van der Waals surface area contributed by atoms with Gasteiger partial charge < -0.3 is 9.64 Å². The Bertz CT molecular complexity index is 630. The maximum absolute atomic E-state index is 13.1. The van der Waals surface area contributed by atoms with E-state index in [1.54, 1.807) is 12.1 Å². The van der Waals surface area contributed by atoms with Crippen molar-refractivity contribution < 1.29 is 22.7 Å². The molecule has 0 saturated carbocycles. The van der Waals surface area contributed by atoms with Crippen LogP contribution in [-0.4, -0.2) is 61.6 Å². The minimum Gasteiger partial charge on any atom is -0.379 e. The molecular weight excluding hydrogens is 357 g/mol. The molecule has 4 nitrogen and oxygen atoms in total. The minimum atomic E-state index is -4.32. The first-order chi connectivity index (χ1) is 12.9. The third kappa shape index (κ3) is 5.69. The number of ether oxygens (including phenoxy) is 1. The number of nitrogens with zero attached hydrogens (tertiary/aromatic N) is 2. The lowest BCUT2D eigenvalue weighted by atomic mass is 9.90. The first-order valence-electron chi connectivity index (χ1n) is 9.66. The van der Waals surface area contributed by atoms with E-state index in [9.17, 15) is 18.0 Å². The summed E-state index contributed by atoms with van der Waals surface area (Å²) in [7, 11) is 0. The number of aryl methyl sites for hydroxylation is 1. The number of benzene rings is 1. The van der Waals surface area contributed by atoms with Crippen LogP contribution < -0.4 is 0 Å². The second kappa shape index (κ2) is 9.06. The summed E-state index contributed by atoms with van der Waals surface area (Å²) in [5.74, 6) is 0.381. The molecule has 27 heavy (non-hydrogen) atoms. The number of halogens is 3. The van der Waals surface area contributed by atoms with Crippen LogP contribution in [0, 0.1) is 5.92 Å². The van der Waals surface area contributed by atoms with E-state index in [1.165, 1.54) is 6.07 Å². The minimum absolute atomic E-state index is 0.122. The normalized spacial score (nSPS) is 22.0. The molecule has 1 aromatic rings. The van der Waals surface area contributed by atoms with Crippen molar-refractivity contribution >= 4 is 5.91 Å². The molecule has 2 aliphatic rings. The van der Waals surface area contributed by atoms with Crippen LogP contribution in [0.3, 0.4) is 0 Å². The number of likely N-dealkylation sites (tertiary alicyclic amines) is 1. The van der Waals surface area contributed by atoms with E-state index in [1.807, 2.05) is 4.90 Å². The van der Waals surface area contributed by atoms with Gasteiger partial charge in [-0.2, -0.15) is 13.2 Å². The fourth-order valence-corrected chi connectivity index (χ4v) is 3.95. The SMILES string of the molecule is O=C(CN1CCOCC1)N1CCC[C@@H](CCc2ccccc2C(F)(F)F)C1. The lowest BCUT2D eigenvalue weighted by Gasteiger charge is -2.35. The van der Waals surface area contributed by atoms with E-state index in [-0.39, 0.29) is 11.8 Å². The second-order valence-electron chi connectivity index (χ2n) is 7.43. The molecule has 0 bridgehead atoms. The summed E-state index contributed by atoms with van der Waals surface area (Å²) in [6, 6.07) is 5.80. The van der Waals surface area contributed by atoms with E-state index in [0.717, 1.165) is 38.5 Å². The van der Waals surface area contributed by atoms with Crippen molar-refractivity contribution in [2.45, 2.75) is 31.9 Å². The molecule has 1 amide bonds. The van der Waals surface area contributed by atoms with Crippen LogP contribution in [0.2, 0.25) is 0 Å². The number of morpholine rings is 1. The van der Waals surface area contributed by atoms with Gasteiger partial charge in [0, 0.05) is 26.2 Å². The van der Waals surface area contributed by atoms with Crippen molar-refractivity contribution in [3.63, 3.8) is 0 Å². The Morgan fingerprint density at radius 1 is 1.15 bits per heavy atom. The fraction of sp³-hybridized carbons (Fsp3) is 0.650. The van der Waals surface area contributed by atoms with Crippen LogP contribution in [0.5, 0.6) is 0 Å². The van der Waals surface area contributed by atoms with E-state index in [2.05, 4.69) is 4.90 Å². The lowest BCUT2D eigenvalue weighted by Crippen LogP contribution is -2.47. The van der Waals surface area contributed by atoms with E-state index in [0.29, 0.717) is 44.7 Å². The van der Waals surface area contributed by atoms with Gasteiger partial charge >= 0.3 is 6.18 Å². The highest BCUT2D eigenvalue weighted by Gasteiger charge is 2.33. The molecule has 2 aliphatic heterocycles. The van der Waals surface area contributed by atoms with Gasteiger partial charge in [0.05, 0.1) is 25.3 Å². The average molecular weight is 384 g/mol. The van der Waals surface area contributed by atoms with Crippen LogP contribution in [0.1, 0.15) is 30.4 Å². The molecule has 2 fully saturated rings. The number of carbonyl (C=O) groups excluding carboxylic acids is 1. The summed E-state index contributed by atoms with van der Waals surface area (Å²) in [5, 5.41) is 0. The molecule has 2 heterocycles. The van der Waals surface area contributed by atoms with Gasteiger partial charge in [0.1, 0.15) is 0 Å². The molecule has 0 unspecified atom stereocenters. The van der Waals surface area contributed by atoms with Gasteiger partial charge in [-0.25, -0.2) is 0 Å². The number of amides is 1. The van der Waals surface area contributed by atoms with Crippen LogP contribution in [0.25, 0.3) is 0 Å². The quantitative estimate of drug-likeness (QED) is 0.782. The predicted molar refractivity (Wildman–Crippen MR) is 96.3 cm³/mol.